The molecule has 0 aliphatic rings. The third kappa shape index (κ3) is 6.22. The van der Waals surface area contributed by atoms with Crippen molar-refractivity contribution >= 4 is 38.6 Å². The molecule has 194 valence electrons. The molecule has 0 aliphatic carbocycles. The van der Waals surface area contributed by atoms with Crippen LogP contribution in [0.25, 0.3) is 11.0 Å². The largest absolute Gasteiger partial charge is 0.324 e. The number of halogens is 1. The second kappa shape index (κ2) is 11.5. The summed E-state index contributed by atoms with van der Waals surface area (Å²) in [7, 11) is -4.02. The average Bonchev–Trinajstić information content (AvgIpc) is 3.18. The zero-order valence-electron chi connectivity index (χ0n) is 21.4. The summed E-state index contributed by atoms with van der Waals surface area (Å²) in [6.07, 6.45) is 5.84. The summed E-state index contributed by atoms with van der Waals surface area (Å²) in [5.41, 5.74) is 4.49. The number of unbranched alkanes of at least 4 members (excludes halogenated alkanes) is 3. The fourth-order valence-corrected chi connectivity index (χ4v) is 5.63. The second-order valence-electron chi connectivity index (χ2n) is 9.40. The molecule has 0 bridgehead atoms. The molecule has 6 nitrogen and oxygen atoms in total. The Morgan fingerprint density at radius 3 is 2.46 bits per heavy atom. The zero-order valence-corrected chi connectivity index (χ0v) is 23.0. The number of imidazole rings is 1. The molecule has 0 fully saturated rings. The minimum atomic E-state index is -4.02. The van der Waals surface area contributed by atoms with E-state index in [9.17, 15) is 13.2 Å². The van der Waals surface area contributed by atoms with Gasteiger partial charge in [0.15, 0.2) is 0 Å². The Hall–Kier alpha value is -3.16. The van der Waals surface area contributed by atoms with E-state index in [1.165, 1.54) is 37.0 Å². The van der Waals surface area contributed by atoms with Crippen molar-refractivity contribution < 1.29 is 13.2 Å². The molecule has 1 N–H and O–H groups in total. The molecule has 0 saturated heterocycles. The molecule has 8 heteroatoms. The van der Waals surface area contributed by atoms with E-state index in [2.05, 4.69) is 22.7 Å². The van der Waals surface area contributed by atoms with Crippen LogP contribution in [-0.4, -0.2) is 23.9 Å². The zero-order chi connectivity index (χ0) is 26.6. The van der Waals surface area contributed by atoms with Gasteiger partial charge in [-0.05, 0) is 68.1 Å². The van der Waals surface area contributed by atoms with Crippen molar-refractivity contribution in [1.29, 1.82) is 0 Å². The van der Waals surface area contributed by atoms with Gasteiger partial charge in [0.25, 0.3) is 15.9 Å². The van der Waals surface area contributed by atoms with Crippen LogP contribution >= 0.6 is 11.6 Å². The number of nitrogens with zero attached hydrogens (tertiary/aromatic N) is 2. The number of amides is 1. The van der Waals surface area contributed by atoms with E-state index < -0.39 is 15.9 Å². The third-order valence-corrected chi connectivity index (χ3v) is 8.24. The number of benzene rings is 3. The van der Waals surface area contributed by atoms with Gasteiger partial charge in [-0.2, -0.15) is 0 Å². The molecule has 3 aromatic carbocycles. The van der Waals surface area contributed by atoms with Crippen molar-refractivity contribution in [2.75, 3.05) is 0 Å². The Kier molecular flexibility index (Phi) is 8.35. The van der Waals surface area contributed by atoms with Crippen molar-refractivity contribution in [2.45, 2.75) is 64.3 Å². The minimum absolute atomic E-state index is 0.0313. The molecule has 0 spiro atoms. The van der Waals surface area contributed by atoms with Gasteiger partial charge < -0.3 is 4.57 Å². The van der Waals surface area contributed by atoms with E-state index in [1.807, 2.05) is 36.6 Å². The predicted octanol–water partition coefficient (Wildman–Crippen LogP) is 6.60. The molecule has 0 saturated carbocycles. The van der Waals surface area contributed by atoms with Crippen molar-refractivity contribution in [2.24, 2.45) is 0 Å². The summed E-state index contributed by atoms with van der Waals surface area (Å²) in [5.74, 6) is -0.0161. The van der Waals surface area contributed by atoms with Crippen LogP contribution in [0.2, 0.25) is 5.02 Å². The number of hydrogen-bond donors (Lipinski definition) is 1. The Labute approximate surface area is 223 Å². The highest BCUT2D eigenvalue weighted by molar-refractivity contribution is 7.90. The third-order valence-electron chi connectivity index (χ3n) is 6.54. The van der Waals surface area contributed by atoms with E-state index in [-0.39, 0.29) is 10.5 Å². The highest BCUT2D eigenvalue weighted by Crippen LogP contribution is 2.25. The molecule has 1 amide bonds. The number of aromatic nitrogens is 2. The first-order chi connectivity index (χ1) is 17.7. The predicted molar refractivity (Wildman–Crippen MR) is 149 cm³/mol. The van der Waals surface area contributed by atoms with Gasteiger partial charge in [-0.1, -0.05) is 73.7 Å². The van der Waals surface area contributed by atoms with Crippen molar-refractivity contribution in [1.82, 2.24) is 14.3 Å². The summed E-state index contributed by atoms with van der Waals surface area (Å²) >= 11 is 6.65. The first kappa shape index (κ1) is 26.9. The van der Waals surface area contributed by atoms with Crippen LogP contribution in [0.4, 0.5) is 0 Å². The Balaban J connectivity index is 1.57. The number of carbonyl (C=O) groups is 1. The number of para-hydroxylation sites is 1. The lowest BCUT2D eigenvalue weighted by Crippen LogP contribution is -2.30. The van der Waals surface area contributed by atoms with E-state index in [0.29, 0.717) is 22.9 Å². The quantitative estimate of drug-likeness (QED) is 0.231. The molecule has 4 rings (SSSR count). The summed E-state index contributed by atoms with van der Waals surface area (Å²) in [5, 5.41) is 0.701. The van der Waals surface area contributed by atoms with Crippen molar-refractivity contribution in [3.63, 3.8) is 0 Å². The number of sulfonamides is 1. The highest BCUT2D eigenvalue weighted by Gasteiger charge is 2.22. The molecular formula is C29H32ClN3O3S. The number of aryl methyl sites for hydroxylation is 3. The van der Waals surface area contributed by atoms with Crippen LogP contribution in [-0.2, 0) is 23.0 Å². The van der Waals surface area contributed by atoms with Crippen LogP contribution in [0.3, 0.4) is 0 Å². The van der Waals surface area contributed by atoms with Gasteiger partial charge >= 0.3 is 0 Å². The summed E-state index contributed by atoms with van der Waals surface area (Å²) in [6.45, 7) is 6.42. The Morgan fingerprint density at radius 2 is 1.76 bits per heavy atom. The molecule has 0 atom stereocenters. The van der Waals surface area contributed by atoms with Gasteiger partial charge in [0.2, 0.25) is 0 Å². The molecule has 0 aliphatic heterocycles. The van der Waals surface area contributed by atoms with Crippen LogP contribution in [0.15, 0.2) is 65.6 Å². The highest BCUT2D eigenvalue weighted by atomic mass is 35.5. The number of carbonyl (C=O) groups excluding carboxylic acids is 1. The van der Waals surface area contributed by atoms with E-state index in [0.717, 1.165) is 29.5 Å². The van der Waals surface area contributed by atoms with Crippen molar-refractivity contribution in [3.8, 4) is 0 Å². The van der Waals surface area contributed by atoms with Crippen LogP contribution in [0.1, 0.15) is 65.5 Å². The van der Waals surface area contributed by atoms with E-state index in [4.69, 9.17) is 11.6 Å². The fourth-order valence-electron chi connectivity index (χ4n) is 4.40. The fraction of sp³-hybridized carbons (Fsp3) is 0.310. The molecule has 1 heterocycles. The van der Waals surface area contributed by atoms with Gasteiger partial charge in [-0.3, -0.25) is 4.79 Å². The summed E-state index contributed by atoms with van der Waals surface area (Å²) < 4.78 is 29.7. The smallest absolute Gasteiger partial charge is 0.267 e. The minimum Gasteiger partial charge on any atom is -0.324 e. The normalized spacial score (nSPS) is 11.7. The second-order valence-corrected chi connectivity index (χ2v) is 11.5. The first-order valence-electron chi connectivity index (χ1n) is 12.6. The maximum absolute atomic E-state index is 13.1. The lowest BCUT2D eigenvalue weighted by molar-refractivity contribution is 0.0983. The van der Waals surface area contributed by atoms with E-state index >= 15 is 0 Å². The van der Waals surface area contributed by atoms with E-state index in [1.54, 1.807) is 24.3 Å². The topological polar surface area (TPSA) is 81.1 Å². The van der Waals surface area contributed by atoms with Crippen LogP contribution in [0.5, 0.6) is 0 Å². The maximum Gasteiger partial charge on any atom is 0.267 e. The summed E-state index contributed by atoms with van der Waals surface area (Å²) in [6, 6.07) is 17.7. The molecule has 4 aromatic rings. The average molecular weight is 538 g/mol. The first-order valence-corrected chi connectivity index (χ1v) is 14.4. The maximum atomic E-state index is 13.1. The number of nitrogens with one attached hydrogen (secondary N) is 1. The Morgan fingerprint density at radius 1 is 1.00 bits per heavy atom. The van der Waals surface area contributed by atoms with Gasteiger partial charge in [0, 0.05) is 5.02 Å². The number of hydrogen-bond acceptors (Lipinski definition) is 4. The van der Waals surface area contributed by atoms with Crippen LogP contribution < -0.4 is 4.72 Å². The monoisotopic (exact) mass is 537 g/mol. The van der Waals surface area contributed by atoms with Gasteiger partial charge in [0.05, 0.1) is 22.5 Å². The van der Waals surface area contributed by atoms with Gasteiger partial charge in [-0.15, -0.1) is 0 Å². The molecule has 1 aromatic heterocycles. The van der Waals surface area contributed by atoms with Crippen molar-refractivity contribution in [3.05, 3.63) is 93.8 Å². The molecule has 0 unspecified atom stereocenters. The van der Waals surface area contributed by atoms with Gasteiger partial charge in [-0.25, -0.2) is 18.1 Å². The number of rotatable bonds is 10. The molecule has 0 radical (unpaired) electrons. The molecule has 37 heavy (non-hydrogen) atoms. The van der Waals surface area contributed by atoms with Crippen LogP contribution in [0, 0.1) is 13.8 Å². The summed E-state index contributed by atoms with van der Waals surface area (Å²) in [4.78, 5) is 17.7. The molecular weight excluding hydrogens is 506 g/mol. The number of fused-ring (bicyclic) bond motifs is 1. The lowest BCUT2D eigenvalue weighted by Gasteiger charge is -2.11. The standard InChI is InChI=1S/C29H32ClN3O3S/c1-4-5-6-7-9-22-14-15-23(26(30)18-22)19-33-21(3)31-28-25(10-8-11-27(28)33)29(34)32-37(35,36)24-16-12-20(2)13-17-24/h8,10-18H,4-7,9,19H2,1-3H3,(H,32,34). The SMILES string of the molecule is CCCCCCc1ccc(Cn2c(C)nc3c(C(=O)NS(=O)(=O)c4ccc(C)cc4)cccc32)c(Cl)c1. The van der Waals surface area contributed by atoms with Gasteiger partial charge in [0.1, 0.15) is 11.3 Å². The Bertz CT molecular complexity index is 1530. The lowest BCUT2D eigenvalue weighted by atomic mass is 10.0.